The van der Waals surface area contributed by atoms with Gasteiger partial charge in [-0.05, 0) is 49.5 Å². The maximum atomic E-state index is 12.7. The van der Waals surface area contributed by atoms with Crippen LogP contribution < -0.4 is 19.9 Å². The van der Waals surface area contributed by atoms with E-state index in [0.717, 1.165) is 37.6 Å². The molecular weight excluding hydrogens is 340 g/mol. The van der Waals surface area contributed by atoms with Crippen LogP contribution in [0.1, 0.15) is 10.4 Å². The molecule has 1 heterocycles. The molecule has 1 aliphatic heterocycles. The Labute approximate surface area is 161 Å². The number of anilines is 3. The molecule has 1 amide bonds. The van der Waals surface area contributed by atoms with E-state index in [9.17, 15) is 4.79 Å². The number of hydrogen-bond acceptors (Lipinski definition) is 5. The summed E-state index contributed by atoms with van der Waals surface area (Å²) in [5.41, 5.74) is 3.46. The van der Waals surface area contributed by atoms with E-state index in [2.05, 4.69) is 22.2 Å². The van der Waals surface area contributed by atoms with Crippen molar-refractivity contribution in [1.82, 2.24) is 4.90 Å². The molecule has 0 saturated carbocycles. The van der Waals surface area contributed by atoms with Crippen molar-refractivity contribution in [2.24, 2.45) is 0 Å². The highest BCUT2D eigenvalue weighted by atomic mass is 16.5. The van der Waals surface area contributed by atoms with Gasteiger partial charge in [0.2, 0.25) is 0 Å². The third kappa shape index (κ3) is 4.52. The fourth-order valence-electron chi connectivity index (χ4n) is 3.16. The monoisotopic (exact) mass is 368 g/mol. The normalized spacial score (nSPS) is 14.7. The van der Waals surface area contributed by atoms with E-state index in [1.54, 1.807) is 7.11 Å². The Hall–Kier alpha value is -2.73. The van der Waals surface area contributed by atoms with E-state index < -0.39 is 0 Å². The van der Waals surface area contributed by atoms with Crippen LogP contribution >= 0.6 is 0 Å². The number of nitrogens with one attached hydrogen (secondary N) is 1. The van der Waals surface area contributed by atoms with Gasteiger partial charge in [-0.25, -0.2) is 0 Å². The lowest BCUT2D eigenvalue weighted by Gasteiger charge is -2.34. The number of piperazine rings is 1. The van der Waals surface area contributed by atoms with Gasteiger partial charge in [-0.15, -0.1) is 0 Å². The van der Waals surface area contributed by atoms with Crippen molar-refractivity contribution in [1.29, 1.82) is 0 Å². The van der Waals surface area contributed by atoms with Gasteiger partial charge in [0.1, 0.15) is 5.75 Å². The lowest BCUT2D eigenvalue weighted by atomic mass is 10.1. The molecule has 1 fully saturated rings. The first-order chi connectivity index (χ1) is 13.0. The molecule has 1 saturated heterocycles. The molecule has 0 unspecified atom stereocenters. The first kappa shape index (κ1) is 19.0. The molecule has 6 nitrogen and oxygen atoms in total. The first-order valence-electron chi connectivity index (χ1n) is 9.18. The van der Waals surface area contributed by atoms with Crippen molar-refractivity contribution in [3.8, 4) is 5.75 Å². The number of rotatable bonds is 5. The molecule has 0 aliphatic carbocycles. The van der Waals surface area contributed by atoms with E-state index in [-0.39, 0.29) is 5.91 Å². The third-order valence-electron chi connectivity index (χ3n) is 4.95. The fourth-order valence-corrected chi connectivity index (χ4v) is 3.16. The highest BCUT2D eigenvalue weighted by Crippen LogP contribution is 2.30. The zero-order valence-corrected chi connectivity index (χ0v) is 16.5. The van der Waals surface area contributed by atoms with Gasteiger partial charge in [0.05, 0.1) is 12.8 Å². The average Bonchev–Trinajstić information content (AvgIpc) is 2.68. The molecule has 0 spiro atoms. The second-order valence-corrected chi connectivity index (χ2v) is 7.07. The van der Waals surface area contributed by atoms with E-state index in [1.807, 2.05) is 61.5 Å². The molecule has 2 aromatic rings. The number of nitrogens with zero attached hydrogens (tertiary/aromatic N) is 3. The molecular formula is C21H28N4O2. The van der Waals surface area contributed by atoms with Gasteiger partial charge in [-0.3, -0.25) is 4.79 Å². The Bertz CT molecular complexity index is 781. The summed E-state index contributed by atoms with van der Waals surface area (Å²) >= 11 is 0. The number of methoxy groups -OCH3 is 1. The number of benzene rings is 2. The van der Waals surface area contributed by atoms with E-state index in [0.29, 0.717) is 17.0 Å². The minimum atomic E-state index is -0.144. The summed E-state index contributed by atoms with van der Waals surface area (Å²) in [4.78, 5) is 19.4. The van der Waals surface area contributed by atoms with Gasteiger partial charge in [0.15, 0.2) is 0 Å². The number of likely N-dealkylation sites (N-methyl/N-ethyl adjacent to an activating group) is 1. The van der Waals surface area contributed by atoms with Crippen LogP contribution in [0.2, 0.25) is 0 Å². The SMILES string of the molecule is COc1ccc(N2CCN(C)CC2)cc1NC(=O)c1ccc(N(C)C)cc1. The smallest absolute Gasteiger partial charge is 0.255 e. The van der Waals surface area contributed by atoms with Crippen LogP contribution in [0.4, 0.5) is 17.1 Å². The van der Waals surface area contributed by atoms with Crippen LogP contribution in [0.15, 0.2) is 42.5 Å². The second-order valence-electron chi connectivity index (χ2n) is 7.07. The predicted octanol–water partition coefficient (Wildman–Crippen LogP) is 2.77. The third-order valence-corrected chi connectivity index (χ3v) is 4.95. The zero-order chi connectivity index (χ0) is 19.4. The van der Waals surface area contributed by atoms with Crippen molar-refractivity contribution in [3.05, 3.63) is 48.0 Å². The molecule has 0 radical (unpaired) electrons. The minimum Gasteiger partial charge on any atom is -0.495 e. The highest BCUT2D eigenvalue weighted by Gasteiger charge is 2.17. The number of ether oxygens (including phenoxy) is 1. The lowest BCUT2D eigenvalue weighted by Crippen LogP contribution is -2.44. The van der Waals surface area contributed by atoms with Gasteiger partial charge in [0, 0.05) is 57.2 Å². The number of carbonyl (C=O) groups excluding carboxylic acids is 1. The molecule has 0 atom stereocenters. The number of hydrogen-bond donors (Lipinski definition) is 1. The summed E-state index contributed by atoms with van der Waals surface area (Å²) in [6.45, 7) is 4.02. The Morgan fingerprint density at radius 3 is 2.30 bits per heavy atom. The maximum Gasteiger partial charge on any atom is 0.255 e. The predicted molar refractivity (Wildman–Crippen MR) is 111 cm³/mol. The largest absolute Gasteiger partial charge is 0.495 e. The zero-order valence-electron chi connectivity index (χ0n) is 16.5. The standard InChI is InChI=1S/C21H28N4O2/c1-23(2)17-7-5-16(6-8-17)21(26)22-19-15-18(9-10-20(19)27-4)25-13-11-24(3)12-14-25/h5-10,15H,11-14H2,1-4H3,(H,22,26). The minimum absolute atomic E-state index is 0.144. The van der Waals surface area contributed by atoms with Crippen LogP contribution in [0.3, 0.4) is 0 Å². The molecule has 6 heteroatoms. The van der Waals surface area contributed by atoms with Gasteiger partial charge in [-0.1, -0.05) is 0 Å². The van der Waals surface area contributed by atoms with Crippen LogP contribution in [0.5, 0.6) is 5.75 Å². The van der Waals surface area contributed by atoms with Crippen molar-refractivity contribution >= 4 is 23.0 Å². The molecule has 3 rings (SSSR count). The number of carbonyl (C=O) groups is 1. The summed E-state index contributed by atoms with van der Waals surface area (Å²) in [6.07, 6.45) is 0. The summed E-state index contributed by atoms with van der Waals surface area (Å²) in [5.74, 6) is 0.514. The first-order valence-corrected chi connectivity index (χ1v) is 9.18. The summed E-state index contributed by atoms with van der Waals surface area (Å²) in [5, 5.41) is 3.00. The van der Waals surface area contributed by atoms with Crippen molar-refractivity contribution in [2.45, 2.75) is 0 Å². The maximum absolute atomic E-state index is 12.7. The Morgan fingerprint density at radius 2 is 1.70 bits per heavy atom. The fraction of sp³-hybridized carbons (Fsp3) is 0.381. The van der Waals surface area contributed by atoms with Crippen LogP contribution in [-0.4, -0.2) is 65.2 Å². The molecule has 27 heavy (non-hydrogen) atoms. The van der Waals surface area contributed by atoms with E-state index in [1.165, 1.54) is 0 Å². The Morgan fingerprint density at radius 1 is 1.04 bits per heavy atom. The van der Waals surface area contributed by atoms with Crippen LogP contribution in [0.25, 0.3) is 0 Å². The molecule has 144 valence electrons. The summed E-state index contributed by atoms with van der Waals surface area (Å²) < 4.78 is 5.44. The van der Waals surface area contributed by atoms with Crippen molar-refractivity contribution in [3.63, 3.8) is 0 Å². The number of amides is 1. The van der Waals surface area contributed by atoms with Gasteiger partial charge < -0.3 is 24.8 Å². The van der Waals surface area contributed by atoms with E-state index >= 15 is 0 Å². The molecule has 0 bridgehead atoms. The van der Waals surface area contributed by atoms with Gasteiger partial charge in [0.25, 0.3) is 5.91 Å². The lowest BCUT2D eigenvalue weighted by molar-refractivity contribution is 0.102. The molecule has 1 aliphatic rings. The Kier molecular flexibility index (Phi) is 5.86. The summed E-state index contributed by atoms with van der Waals surface area (Å²) in [7, 11) is 7.71. The summed E-state index contributed by atoms with van der Waals surface area (Å²) in [6, 6.07) is 13.5. The quantitative estimate of drug-likeness (QED) is 0.879. The topological polar surface area (TPSA) is 48.1 Å². The van der Waals surface area contributed by atoms with Crippen molar-refractivity contribution < 1.29 is 9.53 Å². The molecule has 0 aromatic heterocycles. The van der Waals surface area contributed by atoms with E-state index in [4.69, 9.17) is 4.74 Å². The van der Waals surface area contributed by atoms with Gasteiger partial charge in [-0.2, -0.15) is 0 Å². The van der Waals surface area contributed by atoms with Crippen LogP contribution in [-0.2, 0) is 0 Å². The molecule has 2 aromatic carbocycles. The van der Waals surface area contributed by atoms with Gasteiger partial charge >= 0.3 is 0 Å². The van der Waals surface area contributed by atoms with Crippen LogP contribution in [0, 0.1) is 0 Å². The average molecular weight is 368 g/mol. The highest BCUT2D eigenvalue weighted by molar-refractivity contribution is 6.05. The molecule has 1 N–H and O–H groups in total. The van der Waals surface area contributed by atoms with Crippen molar-refractivity contribution in [2.75, 3.05) is 69.5 Å². The second kappa shape index (κ2) is 8.31. The Balaban J connectivity index is 1.78.